The van der Waals surface area contributed by atoms with Crippen LogP contribution >= 0.6 is 0 Å². The van der Waals surface area contributed by atoms with Gasteiger partial charge in [0, 0.05) is 30.9 Å². The van der Waals surface area contributed by atoms with Crippen molar-refractivity contribution in [1.82, 2.24) is 10.3 Å². The van der Waals surface area contributed by atoms with E-state index in [4.69, 9.17) is 4.74 Å². The van der Waals surface area contributed by atoms with Crippen LogP contribution in [0.2, 0.25) is 0 Å². The van der Waals surface area contributed by atoms with E-state index in [1.165, 1.54) is 11.3 Å². The molecule has 15 heavy (non-hydrogen) atoms. The number of fused-ring (bicyclic) bond motifs is 1. The van der Waals surface area contributed by atoms with E-state index < -0.39 is 0 Å². The van der Waals surface area contributed by atoms with Crippen LogP contribution in [0.25, 0.3) is 0 Å². The average molecular weight is 208 g/mol. The van der Waals surface area contributed by atoms with Gasteiger partial charge in [-0.3, -0.25) is 4.79 Å². The number of hydrogen-bond donors (Lipinski definition) is 2. The van der Waals surface area contributed by atoms with Crippen LogP contribution in [-0.4, -0.2) is 24.1 Å². The number of aromatic amines is 1. The maximum absolute atomic E-state index is 11.4. The molecule has 82 valence electrons. The highest BCUT2D eigenvalue weighted by Gasteiger charge is 2.23. The van der Waals surface area contributed by atoms with Crippen LogP contribution < -0.4 is 5.32 Å². The zero-order valence-electron chi connectivity index (χ0n) is 8.88. The lowest BCUT2D eigenvalue weighted by molar-refractivity contribution is -0.143. The van der Waals surface area contributed by atoms with E-state index in [9.17, 15) is 4.79 Å². The standard InChI is InChI=1S/C11H16N2O2/c1-2-15-11(14)7-10-8-3-5-12-9(8)4-6-13-10/h3,5,10,12-13H,2,4,6-7H2,1H3. The minimum absolute atomic E-state index is 0.110. The molecule has 1 aromatic rings. The van der Waals surface area contributed by atoms with E-state index in [2.05, 4.69) is 10.3 Å². The summed E-state index contributed by atoms with van der Waals surface area (Å²) in [5.74, 6) is -0.135. The Labute approximate surface area is 89.0 Å². The SMILES string of the molecule is CCOC(=O)CC1NCCc2[nH]ccc21. The van der Waals surface area contributed by atoms with Crippen molar-refractivity contribution in [3.63, 3.8) is 0 Å². The van der Waals surface area contributed by atoms with Gasteiger partial charge in [0.25, 0.3) is 0 Å². The van der Waals surface area contributed by atoms with Gasteiger partial charge in [-0.2, -0.15) is 0 Å². The van der Waals surface area contributed by atoms with Gasteiger partial charge in [0.05, 0.1) is 13.0 Å². The zero-order valence-corrected chi connectivity index (χ0v) is 8.88. The van der Waals surface area contributed by atoms with Crippen molar-refractivity contribution in [2.24, 2.45) is 0 Å². The Bertz CT molecular complexity index is 346. The molecule has 4 nitrogen and oxygen atoms in total. The van der Waals surface area contributed by atoms with Gasteiger partial charge in [0.1, 0.15) is 0 Å². The molecule has 1 unspecified atom stereocenters. The van der Waals surface area contributed by atoms with Crippen LogP contribution in [0.3, 0.4) is 0 Å². The van der Waals surface area contributed by atoms with Gasteiger partial charge >= 0.3 is 5.97 Å². The lowest BCUT2D eigenvalue weighted by Crippen LogP contribution is -2.31. The number of H-pyrrole nitrogens is 1. The molecule has 2 heterocycles. The summed E-state index contributed by atoms with van der Waals surface area (Å²) in [5, 5.41) is 3.33. The fourth-order valence-electron chi connectivity index (χ4n) is 2.01. The molecule has 0 spiro atoms. The van der Waals surface area contributed by atoms with Gasteiger partial charge < -0.3 is 15.0 Å². The Morgan fingerprint density at radius 3 is 3.33 bits per heavy atom. The number of ether oxygens (including phenoxy) is 1. The third kappa shape index (κ3) is 2.21. The highest BCUT2D eigenvalue weighted by Crippen LogP contribution is 2.24. The van der Waals surface area contributed by atoms with Crippen LogP contribution in [0.1, 0.15) is 30.6 Å². The smallest absolute Gasteiger partial charge is 0.307 e. The summed E-state index contributed by atoms with van der Waals surface area (Å²) in [6.07, 6.45) is 3.34. The molecule has 0 aliphatic carbocycles. The first kappa shape index (κ1) is 10.2. The summed E-state index contributed by atoms with van der Waals surface area (Å²) in [6, 6.07) is 2.14. The molecule has 1 aromatic heterocycles. The molecule has 1 atom stereocenters. The number of hydrogen-bond acceptors (Lipinski definition) is 3. The minimum Gasteiger partial charge on any atom is -0.466 e. The fourth-order valence-corrected chi connectivity index (χ4v) is 2.01. The summed E-state index contributed by atoms with van der Waals surface area (Å²) in [6.45, 7) is 3.19. The molecule has 1 aliphatic heterocycles. The van der Waals surface area contributed by atoms with E-state index in [1.807, 2.05) is 19.2 Å². The first-order valence-corrected chi connectivity index (χ1v) is 5.36. The van der Waals surface area contributed by atoms with Crippen LogP contribution in [0.5, 0.6) is 0 Å². The van der Waals surface area contributed by atoms with Crippen molar-refractivity contribution < 1.29 is 9.53 Å². The molecule has 0 saturated heterocycles. The molecule has 2 rings (SSSR count). The second-order valence-electron chi connectivity index (χ2n) is 3.68. The summed E-state index contributed by atoms with van der Waals surface area (Å²) in [7, 11) is 0. The molecule has 0 fully saturated rings. The molecular formula is C11H16N2O2. The van der Waals surface area contributed by atoms with E-state index in [0.717, 1.165) is 13.0 Å². The summed E-state index contributed by atoms with van der Waals surface area (Å²) < 4.78 is 4.95. The van der Waals surface area contributed by atoms with Crippen LogP contribution in [0.15, 0.2) is 12.3 Å². The Kier molecular flexibility index (Phi) is 3.06. The summed E-state index contributed by atoms with van der Waals surface area (Å²) in [4.78, 5) is 14.6. The van der Waals surface area contributed by atoms with E-state index in [0.29, 0.717) is 13.0 Å². The van der Waals surface area contributed by atoms with E-state index in [1.54, 1.807) is 0 Å². The second-order valence-corrected chi connectivity index (χ2v) is 3.68. The van der Waals surface area contributed by atoms with Crippen molar-refractivity contribution in [2.75, 3.05) is 13.2 Å². The molecule has 0 aromatic carbocycles. The number of aromatic nitrogens is 1. The van der Waals surface area contributed by atoms with Crippen LogP contribution in [0, 0.1) is 0 Å². The Balaban J connectivity index is 2.03. The monoisotopic (exact) mass is 208 g/mol. The summed E-state index contributed by atoms with van der Waals surface area (Å²) >= 11 is 0. The third-order valence-electron chi connectivity index (χ3n) is 2.69. The van der Waals surface area contributed by atoms with Gasteiger partial charge in [-0.1, -0.05) is 0 Å². The van der Waals surface area contributed by atoms with Gasteiger partial charge in [-0.15, -0.1) is 0 Å². The molecule has 0 saturated carbocycles. The maximum Gasteiger partial charge on any atom is 0.307 e. The Morgan fingerprint density at radius 1 is 1.67 bits per heavy atom. The van der Waals surface area contributed by atoms with Crippen LogP contribution in [0.4, 0.5) is 0 Å². The number of esters is 1. The predicted molar refractivity (Wildman–Crippen MR) is 56.5 cm³/mol. The molecule has 2 N–H and O–H groups in total. The highest BCUT2D eigenvalue weighted by molar-refractivity contribution is 5.70. The topological polar surface area (TPSA) is 54.1 Å². The maximum atomic E-state index is 11.4. The van der Waals surface area contributed by atoms with Gasteiger partial charge in [-0.05, 0) is 18.6 Å². The molecular weight excluding hydrogens is 192 g/mol. The number of carbonyl (C=O) groups excluding carboxylic acids is 1. The predicted octanol–water partition coefficient (Wildman–Crippen LogP) is 1.15. The quantitative estimate of drug-likeness (QED) is 0.733. The molecule has 1 aliphatic rings. The lowest BCUT2D eigenvalue weighted by Gasteiger charge is -2.23. The zero-order chi connectivity index (χ0) is 10.7. The third-order valence-corrected chi connectivity index (χ3v) is 2.69. The first-order valence-electron chi connectivity index (χ1n) is 5.36. The number of rotatable bonds is 3. The lowest BCUT2D eigenvalue weighted by atomic mass is 9.99. The van der Waals surface area contributed by atoms with Crippen molar-refractivity contribution in [3.05, 3.63) is 23.5 Å². The Hall–Kier alpha value is -1.29. The van der Waals surface area contributed by atoms with Gasteiger partial charge in [0.2, 0.25) is 0 Å². The first-order chi connectivity index (χ1) is 7.31. The molecule has 0 radical (unpaired) electrons. The largest absolute Gasteiger partial charge is 0.466 e. The molecule has 4 heteroatoms. The fraction of sp³-hybridized carbons (Fsp3) is 0.545. The van der Waals surface area contributed by atoms with E-state index in [-0.39, 0.29) is 12.0 Å². The van der Waals surface area contributed by atoms with Gasteiger partial charge in [-0.25, -0.2) is 0 Å². The number of carbonyl (C=O) groups is 1. The van der Waals surface area contributed by atoms with Crippen molar-refractivity contribution in [1.29, 1.82) is 0 Å². The van der Waals surface area contributed by atoms with Crippen LogP contribution in [-0.2, 0) is 16.0 Å². The average Bonchev–Trinajstić information content (AvgIpc) is 2.67. The Morgan fingerprint density at radius 2 is 2.53 bits per heavy atom. The van der Waals surface area contributed by atoms with Crippen molar-refractivity contribution in [2.45, 2.75) is 25.8 Å². The highest BCUT2D eigenvalue weighted by atomic mass is 16.5. The molecule has 0 amide bonds. The second kappa shape index (κ2) is 4.49. The molecule has 0 bridgehead atoms. The van der Waals surface area contributed by atoms with Gasteiger partial charge in [0.15, 0.2) is 0 Å². The van der Waals surface area contributed by atoms with Crippen molar-refractivity contribution >= 4 is 5.97 Å². The van der Waals surface area contributed by atoms with Crippen molar-refractivity contribution in [3.8, 4) is 0 Å². The summed E-state index contributed by atoms with van der Waals surface area (Å²) in [5.41, 5.74) is 2.44. The normalized spacial score (nSPS) is 19.7. The van der Waals surface area contributed by atoms with E-state index >= 15 is 0 Å². The number of nitrogens with one attached hydrogen (secondary N) is 2. The minimum atomic E-state index is -0.135.